The standard InChI is InChI=1S/C13H15NO2/c15-13(12-4-2-1-3-5-12)9-14-8-11-6-7-16-10-11/h1-7,10,13-15H,8-9H2. The first-order valence-electron chi connectivity index (χ1n) is 5.31. The van der Waals surface area contributed by atoms with Gasteiger partial charge in [-0.05, 0) is 11.6 Å². The first-order valence-corrected chi connectivity index (χ1v) is 5.31. The third kappa shape index (κ3) is 2.95. The maximum atomic E-state index is 9.86. The van der Waals surface area contributed by atoms with Crippen LogP contribution in [0.25, 0.3) is 0 Å². The lowest BCUT2D eigenvalue weighted by molar-refractivity contribution is 0.174. The van der Waals surface area contributed by atoms with Crippen molar-refractivity contribution in [2.45, 2.75) is 12.6 Å². The summed E-state index contributed by atoms with van der Waals surface area (Å²) in [6, 6.07) is 11.5. The van der Waals surface area contributed by atoms with Crippen molar-refractivity contribution in [2.75, 3.05) is 6.54 Å². The van der Waals surface area contributed by atoms with Crippen molar-refractivity contribution < 1.29 is 9.52 Å². The summed E-state index contributed by atoms with van der Waals surface area (Å²) in [4.78, 5) is 0. The summed E-state index contributed by atoms with van der Waals surface area (Å²) in [6.45, 7) is 1.25. The number of rotatable bonds is 5. The summed E-state index contributed by atoms with van der Waals surface area (Å²) in [7, 11) is 0. The Hall–Kier alpha value is -1.58. The molecular formula is C13H15NO2. The van der Waals surface area contributed by atoms with Gasteiger partial charge in [-0.2, -0.15) is 0 Å². The maximum absolute atomic E-state index is 9.86. The Morgan fingerprint density at radius 1 is 1.19 bits per heavy atom. The van der Waals surface area contributed by atoms with Gasteiger partial charge in [-0.15, -0.1) is 0 Å². The van der Waals surface area contributed by atoms with Crippen molar-refractivity contribution in [2.24, 2.45) is 0 Å². The Morgan fingerprint density at radius 2 is 2.00 bits per heavy atom. The molecule has 1 unspecified atom stereocenters. The molecule has 0 spiro atoms. The van der Waals surface area contributed by atoms with Gasteiger partial charge in [-0.25, -0.2) is 0 Å². The molecule has 1 aromatic carbocycles. The van der Waals surface area contributed by atoms with Crippen molar-refractivity contribution >= 4 is 0 Å². The first kappa shape index (κ1) is 10.9. The molecule has 0 aliphatic heterocycles. The van der Waals surface area contributed by atoms with E-state index in [0.29, 0.717) is 13.1 Å². The minimum atomic E-state index is -0.465. The molecule has 16 heavy (non-hydrogen) atoms. The van der Waals surface area contributed by atoms with Crippen LogP contribution in [0.3, 0.4) is 0 Å². The van der Waals surface area contributed by atoms with Crippen LogP contribution in [0, 0.1) is 0 Å². The summed E-state index contributed by atoms with van der Waals surface area (Å²) in [5, 5.41) is 13.0. The molecule has 0 aliphatic carbocycles. The van der Waals surface area contributed by atoms with Crippen LogP contribution in [0.15, 0.2) is 53.3 Å². The lowest BCUT2D eigenvalue weighted by Gasteiger charge is -2.11. The second-order valence-corrected chi connectivity index (χ2v) is 3.69. The summed E-state index contributed by atoms with van der Waals surface area (Å²) in [5.41, 5.74) is 2.02. The Morgan fingerprint density at radius 3 is 2.69 bits per heavy atom. The van der Waals surface area contributed by atoms with Crippen LogP contribution in [0.2, 0.25) is 0 Å². The molecule has 2 N–H and O–H groups in total. The molecule has 3 nitrogen and oxygen atoms in total. The van der Waals surface area contributed by atoms with Crippen LogP contribution in [0.5, 0.6) is 0 Å². The van der Waals surface area contributed by atoms with Gasteiger partial charge in [0.2, 0.25) is 0 Å². The Bertz CT molecular complexity index is 397. The Labute approximate surface area is 94.7 Å². The summed E-state index contributed by atoms with van der Waals surface area (Å²) in [6.07, 6.45) is 2.88. The SMILES string of the molecule is OC(CNCc1ccoc1)c1ccccc1. The molecule has 1 heterocycles. The number of hydrogen-bond acceptors (Lipinski definition) is 3. The molecule has 0 saturated heterocycles. The minimum Gasteiger partial charge on any atom is -0.472 e. The molecule has 0 saturated carbocycles. The minimum absolute atomic E-state index is 0.465. The van der Waals surface area contributed by atoms with Gasteiger partial charge >= 0.3 is 0 Å². The predicted octanol–water partition coefficient (Wildman–Crippen LogP) is 2.10. The molecular weight excluding hydrogens is 202 g/mol. The molecule has 0 aliphatic rings. The van der Waals surface area contributed by atoms with Crippen LogP contribution >= 0.6 is 0 Å². The van der Waals surface area contributed by atoms with E-state index >= 15 is 0 Å². The molecule has 1 atom stereocenters. The number of hydrogen-bond donors (Lipinski definition) is 2. The lowest BCUT2D eigenvalue weighted by atomic mass is 10.1. The van der Waals surface area contributed by atoms with Gasteiger partial charge in [0.15, 0.2) is 0 Å². The van der Waals surface area contributed by atoms with E-state index in [1.54, 1.807) is 12.5 Å². The van der Waals surface area contributed by atoms with Crippen molar-refractivity contribution in [3.05, 3.63) is 60.1 Å². The van der Waals surface area contributed by atoms with E-state index in [4.69, 9.17) is 4.42 Å². The van der Waals surface area contributed by atoms with Crippen molar-refractivity contribution in [3.63, 3.8) is 0 Å². The highest BCUT2D eigenvalue weighted by molar-refractivity contribution is 5.17. The van der Waals surface area contributed by atoms with Crippen LogP contribution in [-0.2, 0) is 6.54 Å². The van der Waals surface area contributed by atoms with E-state index in [-0.39, 0.29) is 0 Å². The monoisotopic (exact) mass is 217 g/mol. The topological polar surface area (TPSA) is 45.4 Å². The van der Waals surface area contributed by atoms with E-state index in [2.05, 4.69) is 5.32 Å². The highest BCUT2D eigenvalue weighted by atomic mass is 16.3. The van der Waals surface area contributed by atoms with Crippen LogP contribution in [0.1, 0.15) is 17.2 Å². The molecule has 2 rings (SSSR count). The molecule has 0 amide bonds. The maximum Gasteiger partial charge on any atom is 0.0947 e. The quantitative estimate of drug-likeness (QED) is 0.806. The zero-order chi connectivity index (χ0) is 11.2. The van der Waals surface area contributed by atoms with Gasteiger partial charge in [0, 0.05) is 18.7 Å². The second-order valence-electron chi connectivity index (χ2n) is 3.69. The molecule has 0 radical (unpaired) electrons. The van der Waals surface area contributed by atoms with Crippen LogP contribution in [-0.4, -0.2) is 11.7 Å². The van der Waals surface area contributed by atoms with Crippen molar-refractivity contribution in [1.29, 1.82) is 0 Å². The van der Waals surface area contributed by atoms with Crippen molar-refractivity contribution in [3.8, 4) is 0 Å². The van der Waals surface area contributed by atoms with Gasteiger partial charge in [-0.3, -0.25) is 0 Å². The highest BCUT2D eigenvalue weighted by Crippen LogP contribution is 2.10. The highest BCUT2D eigenvalue weighted by Gasteiger charge is 2.05. The number of benzene rings is 1. The molecule has 0 fully saturated rings. The first-order chi connectivity index (χ1) is 7.86. The normalized spacial score (nSPS) is 12.6. The number of aliphatic hydroxyl groups excluding tert-OH is 1. The van der Waals surface area contributed by atoms with Gasteiger partial charge in [0.25, 0.3) is 0 Å². The average molecular weight is 217 g/mol. The van der Waals surface area contributed by atoms with Gasteiger partial charge in [0.1, 0.15) is 0 Å². The molecule has 84 valence electrons. The van der Waals surface area contributed by atoms with E-state index in [1.165, 1.54) is 0 Å². The van der Waals surface area contributed by atoms with Crippen LogP contribution in [0.4, 0.5) is 0 Å². The van der Waals surface area contributed by atoms with Crippen molar-refractivity contribution in [1.82, 2.24) is 5.32 Å². The molecule has 0 bridgehead atoms. The fourth-order valence-electron chi connectivity index (χ4n) is 1.54. The third-order valence-electron chi connectivity index (χ3n) is 2.43. The van der Waals surface area contributed by atoms with E-state index in [0.717, 1.165) is 11.1 Å². The second kappa shape index (κ2) is 5.49. The van der Waals surface area contributed by atoms with Gasteiger partial charge < -0.3 is 14.8 Å². The number of nitrogens with one attached hydrogen (secondary N) is 1. The smallest absolute Gasteiger partial charge is 0.0947 e. The molecule has 1 aromatic heterocycles. The average Bonchev–Trinajstić information content (AvgIpc) is 2.83. The summed E-state index contributed by atoms with van der Waals surface area (Å²) < 4.78 is 4.95. The van der Waals surface area contributed by atoms with Gasteiger partial charge in [0.05, 0.1) is 18.6 Å². The number of aliphatic hydroxyl groups is 1. The number of furan rings is 1. The van der Waals surface area contributed by atoms with E-state index in [9.17, 15) is 5.11 Å². The van der Waals surface area contributed by atoms with Crippen LogP contribution < -0.4 is 5.32 Å². The summed E-state index contributed by atoms with van der Waals surface area (Å²) in [5.74, 6) is 0. The fraction of sp³-hybridized carbons (Fsp3) is 0.231. The Balaban J connectivity index is 1.78. The summed E-state index contributed by atoms with van der Waals surface area (Å²) >= 11 is 0. The zero-order valence-electron chi connectivity index (χ0n) is 8.97. The third-order valence-corrected chi connectivity index (χ3v) is 2.43. The predicted molar refractivity (Wildman–Crippen MR) is 61.8 cm³/mol. The lowest BCUT2D eigenvalue weighted by Crippen LogP contribution is -2.20. The van der Waals surface area contributed by atoms with E-state index < -0.39 is 6.10 Å². The zero-order valence-corrected chi connectivity index (χ0v) is 8.97. The Kier molecular flexibility index (Phi) is 3.75. The van der Waals surface area contributed by atoms with E-state index in [1.807, 2.05) is 36.4 Å². The molecule has 3 heteroatoms. The largest absolute Gasteiger partial charge is 0.472 e. The van der Waals surface area contributed by atoms with Gasteiger partial charge in [-0.1, -0.05) is 30.3 Å². The fourth-order valence-corrected chi connectivity index (χ4v) is 1.54. The molecule has 2 aromatic rings.